The fourth-order valence-corrected chi connectivity index (χ4v) is 4.38. The van der Waals surface area contributed by atoms with Crippen LogP contribution in [0.4, 0.5) is 10.5 Å². The van der Waals surface area contributed by atoms with Gasteiger partial charge >= 0.3 is 6.03 Å². The summed E-state index contributed by atoms with van der Waals surface area (Å²) >= 11 is 0. The Labute approximate surface area is 141 Å². The second-order valence-electron chi connectivity index (χ2n) is 6.01. The lowest BCUT2D eigenvalue weighted by atomic mass is 10.1. The highest BCUT2D eigenvalue weighted by Crippen LogP contribution is 2.26. The quantitative estimate of drug-likeness (QED) is 0.766. The van der Waals surface area contributed by atoms with Crippen LogP contribution in [0.2, 0.25) is 0 Å². The van der Waals surface area contributed by atoms with Gasteiger partial charge in [-0.25, -0.2) is 22.4 Å². The first-order valence-electron chi connectivity index (χ1n) is 8.10. The molecule has 0 aliphatic carbocycles. The average molecular weight is 351 g/mol. The van der Waals surface area contributed by atoms with Crippen molar-refractivity contribution in [3.8, 4) is 0 Å². The predicted octanol–water partition coefficient (Wildman–Crippen LogP) is 1.27. The first-order chi connectivity index (χ1) is 11.4. The molecule has 130 valence electrons. The molecule has 0 spiro atoms. The summed E-state index contributed by atoms with van der Waals surface area (Å²) in [7, 11) is -3.19. The number of piperidine rings is 1. The van der Waals surface area contributed by atoms with Crippen molar-refractivity contribution >= 4 is 27.6 Å². The first kappa shape index (κ1) is 16.9. The normalized spacial score (nSPS) is 20.9. The molecule has 0 saturated carbocycles. The predicted molar refractivity (Wildman–Crippen MR) is 90.1 cm³/mol. The Morgan fingerprint density at radius 3 is 2.29 bits per heavy atom. The van der Waals surface area contributed by atoms with Gasteiger partial charge in [0.1, 0.15) is 6.54 Å². The molecule has 1 aromatic rings. The highest BCUT2D eigenvalue weighted by molar-refractivity contribution is 7.89. The van der Waals surface area contributed by atoms with Crippen molar-refractivity contribution in [2.45, 2.75) is 25.8 Å². The summed E-state index contributed by atoms with van der Waals surface area (Å²) in [6.07, 6.45) is 1.11. The second kappa shape index (κ2) is 6.52. The molecule has 2 saturated heterocycles. The van der Waals surface area contributed by atoms with E-state index in [1.807, 2.05) is 6.07 Å². The Morgan fingerprint density at radius 1 is 1.08 bits per heavy atom. The summed E-state index contributed by atoms with van der Waals surface area (Å²) in [4.78, 5) is 27.7. The Bertz CT molecular complexity index is 727. The van der Waals surface area contributed by atoms with Crippen molar-refractivity contribution < 1.29 is 18.0 Å². The molecular formula is C16H21N3O4S. The summed E-state index contributed by atoms with van der Waals surface area (Å²) in [5, 5.41) is 0. The monoisotopic (exact) mass is 351 g/mol. The summed E-state index contributed by atoms with van der Waals surface area (Å²) in [5.74, 6) is -0.157. The average Bonchev–Trinajstić information content (AvgIpc) is 2.90. The fraction of sp³-hybridized carbons (Fsp3) is 0.500. The standard InChI is InChI=1S/C16H21N3O4S/c1-2-24(22,23)17-10-8-13(9-11-17)18-12-15(20)19(16(18)21)14-6-4-3-5-7-14/h3-7,13H,2,8-12H2,1H3. The molecule has 0 unspecified atom stereocenters. The summed E-state index contributed by atoms with van der Waals surface area (Å²) in [6, 6.07) is 8.45. The highest BCUT2D eigenvalue weighted by Gasteiger charge is 2.42. The van der Waals surface area contributed by atoms with E-state index in [2.05, 4.69) is 0 Å². The van der Waals surface area contributed by atoms with Crippen LogP contribution in [0.5, 0.6) is 0 Å². The van der Waals surface area contributed by atoms with Crippen molar-refractivity contribution in [3.63, 3.8) is 0 Å². The van der Waals surface area contributed by atoms with E-state index in [-0.39, 0.29) is 30.3 Å². The van der Waals surface area contributed by atoms with Crippen LogP contribution in [0.15, 0.2) is 30.3 Å². The van der Waals surface area contributed by atoms with Crippen molar-refractivity contribution in [2.75, 3.05) is 30.3 Å². The zero-order valence-electron chi connectivity index (χ0n) is 13.6. The molecule has 1 aromatic carbocycles. The van der Waals surface area contributed by atoms with Crippen LogP contribution in [0.25, 0.3) is 0 Å². The number of para-hydroxylation sites is 1. The van der Waals surface area contributed by atoms with E-state index < -0.39 is 10.0 Å². The summed E-state index contributed by atoms with van der Waals surface area (Å²) < 4.78 is 25.3. The number of nitrogens with zero attached hydrogens (tertiary/aromatic N) is 3. The van der Waals surface area contributed by atoms with E-state index in [1.54, 1.807) is 36.1 Å². The maximum absolute atomic E-state index is 12.6. The highest BCUT2D eigenvalue weighted by atomic mass is 32.2. The SMILES string of the molecule is CCS(=O)(=O)N1CCC(N2CC(=O)N(c3ccccc3)C2=O)CC1. The van der Waals surface area contributed by atoms with Gasteiger partial charge in [0, 0.05) is 19.1 Å². The number of benzene rings is 1. The van der Waals surface area contributed by atoms with E-state index in [0.29, 0.717) is 31.6 Å². The van der Waals surface area contributed by atoms with Gasteiger partial charge in [0.25, 0.3) is 5.91 Å². The Hall–Kier alpha value is -1.93. The summed E-state index contributed by atoms with van der Waals surface area (Å²) in [5.41, 5.74) is 0.570. The number of amides is 3. The zero-order valence-corrected chi connectivity index (χ0v) is 14.4. The molecule has 2 aliphatic heterocycles. The van der Waals surface area contributed by atoms with E-state index in [9.17, 15) is 18.0 Å². The van der Waals surface area contributed by atoms with Crippen molar-refractivity contribution in [2.24, 2.45) is 0 Å². The molecule has 2 heterocycles. The number of sulfonamides is 1. The van der Waals surface area contributed by atoms with Gasteiger partial charge in [-0.1, -0.05) is 18.2 Å². The third kappa shape index (κ3) is 3.03. The van der Waals surface area contributed by atoms with Crippen LogP contribution < -0.4 is 4.90 Å². The number of imide groups is 1. The van der Waals surface area contributed by atoms with Gasteiger partial charge in [0.05, 0.1) is 11.4 Å². The lowest BCUT2D eigenvalue weighted by molar-refractivity contribution is -0.116. The van der Waals surface area contributed by atoms with Crippen LogP contribution in [-0.2, 0) is 14.8 Å². The number of rotatable bonds is 4. The number of carbonyl (C=O) groups is 2. The van der Waals surface area contributed by atoms with Gasteiger partial charge in [-0.2, -0.15) is 0 Å². The first-order valence-corrected chi connectivity index (χ1v) is 9.71. The van der Waals surface area contributed by atoms with Gasteiger partial charge in [-0.05, 0) is 31.9 Å². The van der Waals surface area contributed by atoms with Gasteiger partial charge in [-0.3, -0.25) is 4.79 Å². The molecule has 0 radical (unpaired) electrons. The van der Waals surface area contributed by atoms with Gasteiger partial charge < -0.3 is 4.90 Å². The zero-order chi connectivity index (χ0) is 17.3. The van der Waals surface area contributed by atoms with Crippen LogP contribution >= 0.6 is 0 Å². The molecular weight excluding hydrogens is 330 g/mol. The molecule has 8 heteroatoms. The molecule has 0 atom stereocenters. The van der Waals surface area contributed by atoms with E-state index in [1.165, 1.54) is 9.21 Å². The number of hydrogen-bond acceptors (Lipinski definition) is 4. The maximum Gasteiger partial charge on any atom is 0.332 e. The smallest absolute Gasteiger partial charge is 0.312 e. The van der Waals surface area contributed by atoms with Crippen LogP contribution in [0.3, 0.4) is 0 Å². The molecule has 2 fully saturated rings. The molecule has 0 aromatic heterocycles. The molecule has 3 amide bonds. The van der Waals surface area contributed by atoms with Gasteiger partial charge in [0.2, 0.25) is 10.0 Å². The minimum Gasteiger partial charge on any atom is -0.312 e. The Morgan fingerprint density at radius 2 is 1.71 bits per heavy atom. The lowest BCUT2D eigenvalue weighted by Crippen LogP contribution is -2.48. The topological polar surface area (TPSA) is 78.0 Å². The number of urea groups is 1. The Kier molecular flexibility index (Phi) is 4.60. The second-order valence-corrected chi connectivity index (χ2v) is 8.26. The molecule has 3 rings (SSSR count). The molecule has 0 N–H and O–H groups in total. The minimum absolute atomic E-state index is 0.0545. The van der Waals surface area contributed by atoms with Crippen LogP contribution in [-0.4, -0.2) is 61.0 Å². The van der Waals surface area contributed by atoms with E-state index >= 15 is 0 Å². The van der Waals surface area contributed by atoms with Crippen molar-refractivity contribution in [3.05, 3.63) is 30.3 Å². The lowest BCUT2D eigenvalue weighted by Gasteiger charge is -2.35. The molecule has 24 heavy (non-hydrogen) atoms. The van der Waals surface area contributed by atoms with Crippen molar-refractivity contribution in [1.82, 2.24) is 9.21 Å². The molecule has 7 nitrogen and oxygen atoms in total. The van der Waals surface area contributed by atoms with Crippen molar-refractivity contribution in [1.29, 1.82) is 0 Å². The molecule has 2 aliphatic rings. The summed E-state index contributed by atoms with van der Waals surface area (Å²) in [6.45, 7) is 2.47. The van der Waals surface area contributed by atoms with Crippen LogP contribution in [0.1, 0.15) is 19.8 Å². The minimum atomic E-state index is -3.19. The van der Waals surface area contributed by atoms with E-state index in [4.69, 9.17) is 0 Å². The molecule has 0 bridgehead atoms. The van der Waals surface area contributed by atoms with E-state index in [0.717, 1.165) is 0 Å². The Balaban J connectivity index is 1.69. The third-order valence-corrected chi connectivity index (χ3v) is 6.51. The number of hydrogen-bond donors (Lipinski definition) is 0. The number of carbonyl (C=O) groups excluding carboxylic acids is 2. The van der Waals surface area contributed by atoms with Crippen LogP contribution in [0, 0.1) is 0 Å². The fourth-order valence-electron chi connectivity index (χ4n) is 3.25. The van der Waals surface area contributed by atoms with Gasteiger partial charge in [-0.15, -0.1) is 0 Å². The maximum atomic E-state index is 12.6. The van der Waals surface area contributed by atoms with Gasteiger partial charge in [0.15, 0.2) is 0 Å². The third-order valence-electron chi connectivity index (χ3n) is 4.63. The largest absolute Gasteiger partial charge is 0.332 e. The number of anilines is 1.